The van der Waals surface area contributed by atoms with Crippen LogP contribution in [0.5, 0.6) is 5.75 Å². The minimum absolute atomic E-state index is 0.122. The van der Waals surface area contributed by atoms with Gasteiger partial charge in [0.05, 0.1) is 19.1 Å². The van der Waals surface area contributed by atoms with Crippen molar-refractivity contribution in [3.8, 4) is 5.75 Å². The molecular weight excluding hydrogens is 412 g/mol. The molecule has 0 aliphatic heterocycles. The molecule has 1 unspecified atom stereocenters. The van der Waals surface area contributed by atoms with E-state index in [0.717, 1.165) is 57.1 Å². The highest BCUT2D eigenvalue weighted by Crippen LogP contribution is 2.62. The summed E-state index contributed by atoms with van der Waals surface area (Å²) in [5, 5.41) is 0. The number of esters is 1. The number of carbonyl (C=O) groups excluding carboxylic acids is 2. The van der Waals surface area contributed by atoms with Crippen LogP contribution >= 0.6 is 0 Å². The fraction of sp³-hybridized carbons (Fsp3) is 0.724. The first-order chi connectivity index (χ1) is 15.6. The lowest BCUT2D eigenvalue weighted by atomic mass is 9.54. The molecule has 2 fully saturated rings. The predicted molar refractivity (Wildman–Crippen MR) is 130 cm³/mol. The van der Waals surface area contributed by atoms with Crippen LogP contribution in [0.3, 0.4) is 0 Å². The molecule has 1 aromatic rings. The summed E-state index contributed by atoms with van der Waals surface area (Å²) in [5.74, 6) is 3.57. The van der Waals surface area contributed by atoms with Crippen molar-refractivity contribution in [2.24, 2.45) is 28.6 Å². The number of Topliss-reactive ketones (excluding diaryl/α,β-unsaturated/α-hetero) is 1. The molecule has 4 nitrogen and oxygen atoms in total. The largest absolute Gasteiger partial charge is 0.497 e. The van der Waals surface area contributed by atoms with E-state index in [0.29, 0.717) is 36.1 Å². The van der Waals surface area contributed by atoms with Gasteiger partial charge >= 0.3 is 5.97 Å². The van der Waals surface area contributed by atoms with Crippen LogP contribution in [0.1, 0.15) is 96.1 Å². The molecule has 1 aromatic carbocycles. The Bertz CT molecular complexity index is 882. The standard InChI is InChI=1S/C29H42O4/c1-28(2,3)27(31)33-16-8-6-7-9-20-18-25(30)29(4)15-14-23-22-13-11-21(32-5)17-19(22)10-12-24(23)26(20)29/h11,13,17,20,23-24,26H,6-10,12,14-16,18H2,1-5H3/t20?,23-,24-,26+,29-/m1/s1. The quantitative estimate of drug-likeness (QED) is 0.349. The molecule has 0 spiro atoms. The van der Waals surface area contributed by atoms with Crippen molar-refractivity contribution < 1.29 is 19.1 Å². The van der Waals surface area contributed by atoms with Crippen molar-refractivity contribution >= 4 is 11.8 Å². The van der Waals surface area contributed by atoms with Crippen molar-refractivity contribution in [3.63, 3.8) is 0 Å². The van der Waals surface area contributed by atoms with Gasteiger partial charge in [0.15, 0.2) is 0 Å². The van der Waals surface area contributed by atoms with Gasteiger partial charge in [-0.25, -0.2) is 0 Å². The molecular formula is C29H42O4. The van der Waals surface area contributed by atoms with E-state index >= 15 is 0 Å². The average Bonchev–Trinajstić information content (AvgIpc) is 3.04. The van der Waals surface area contributed by atoms with Crippen molar-refractivity contribution in [1.29, 1.82) is 0 Å². The van der Waals surface area contributed by atoms with Gasteiger partial charge in [0.2, 0.25) is 0 Å². The number of unbranched alkanes of at least 4 members (excludes halogenated alkanes) is 2. The monoisotopic (exact) mass is 454 g/mol. The number of hydrogen-bond donors (Lipinski definition) is 0. The third kappa shape index (κ3) is 4.72. The third-order valence-electron chi connectivity index (χ3n) is 8.84. The average molecular weight is 455 g/mol. The Morgan fingerprint density at radius 2 is 1.94 bits per heavy atom. The molecule has 5 atom stereocenters. The Labute approximate surface area is 199 Å². The second-order valence-corrected chi connectivity index (χ2v) is 12.0. The van der Waals surface area contributed by atoms with E-state index in [2.05, 4.69) is 25.1 Å². The first-order valence-electron chi connectivity index (χ1n) is 13.0. The molecule has 182 valence electrons. The van der Waals surface area contributed by atoms with E-state index in [4.69, 9.17) is 9.47 Å². The second kappa shape index (κ2) is 9.43. The van der Waals surface area contributed by atoms with Crippen molar-refractivity contribution in [2.75, 3.05) is 13.7 Å². The van der Waals surface area contributed by atoms with E-state index in [1.807, 2.05) is 20.8 Å². The van der Waals surface area contributed by atoms with Crippen LogP contribution in [-0.2, 0) is 20.7 Å². The maximum atomic E-state index is 13.2. The number of rotatable bonds is 7. The summed E-state index contributed by atoms with van der Waals surface area (Å²) >= 11 is 0. The summed E-state index contributed by atoms with van der Waals surface area (Å²) in [4.78, 5) is 25.1. The number of ether oxygens (including phenoxy) is 2. The van der Waals surface area contributed by atoms with Crippen molar-refractivity contribution in [2.45, 2.75) is 91.4 Å². The maximum Gasteiger partial charge on any atom is 0.311 e. The molecule has 0 N–H and O–H groups in total. The molecule has 2 saturated carbocycles. The Balaban J connectivity index is 1.37. The van der Waals surface area contributed by atoms with E-state index in [-0.39, 0.29) is 11.4 Å². The first-order valence-corrected chi connectivity index (χ1v) is 13.0. The van der Waals surface area contributed by atoms with Gasteiger partial charge in [-0.05, 0) is 106 Å². The smallest absolute Gasteiger partial charge is 0.311 e. The van der Waals surface area contributed by atoms with Gasteiger partial charge < -0.3 is 9.47 Å². The Morgan fingerprint density at radius 3 is 2.67 bits per heavy atom. The minimum Gasteiger partial charge on any atom is -0.497 e. The second-order valence-electron chi connectivity index (χ2n) is 12.0. The zero-order valence-corrected chi connectivity index (χ0v) is 21.2. The van der Waals surface area contributed by atoms with E-state index in [1.165, 1.54) is 17.5 Å². The lowest BCUT2D eigenvalue weighted by Gasteiger charge is -2.50. The normalized spacial score (nSPS) is 30.9. The number of methoxy groups -OCH3 is 1. The van der Waals surface area contributed by atoms with E-state index in [1.54, 1.807) is 7.11 Å². The molecule has 33 heavy (non-hydrogen) atoms. The zero-order chi connectivity index (χ0) is 23.8. The molecule has 4 heteroatoms. The van der Waals surface area contributed by atoms with E-state index < -0.39 is 5.41 Å². The van der Waals surface area contributed by atoms with Gasteiger partial charge in [-0.3, -0.25) is 9.59 Å². The lowest BCUT2D eigenvalue weighted by molar-refractivity contribution is -0.153. The number of aryl methyl sites for hydroxylation is 1. The fourth-order valence-electron chi connectivity index (χ4n) is 7.08. The minimum atomic E-state index is -0.435. The SMILES string of the molecule is COc1ccc2c(c1)CC[C@@H]1[C@@H]2CC[C@]2(C)C(=O)CC(CCCCCOC(=O)C(C)(C)C)[C@@H]12. The predicted octanol–water partition coefficient (Wildman–Crippen LogP) is 6.50. The van der Waals surface area contributed by atoms with Gasteiger partial charge in [0.25, 0.3) is 0 Å². The van der Waals surface area contributed by atoms with Crippen LogP contribution in [0.4, 0.5) is 0 Å². The number of ketones is 1. The van der Waals surface area contributed by atoms with Gasteiger partial charge in [-0.1, -0.05) is 25.8 Å². The zero-order valence-electron chi connectivity index (χ0n) is 21.2. The van der Waals surface area contributed by atoms with Crippen LogP contribution in [-0.4, -0.2) is 25.5 Å². The van der Waals surface area contributed by atoms with E-state index in [9.17, 15) is 9.59 Å². The summed E-state index contributed by atoms with van der Waals surface area (Å²) in [6, 6.07) is 6.63. The summed E-state index contributed by atoms with van der Waals surface area (Å²) in [5.41, 5.74) is 2.39. The van der Waals surface area contributed by atoms with Crippen LogP contribution in [0, 0.1) is 28.6 Å². The number of benzene rings is 1. The summed E-state index contributed by atoms with van der Waals surface area (Å²) in [7, 11) is 1.74. The molecule has 0 radical (unpaired) electrons. The Hall–Kier alpha value is -1.84. The number of fused-ring (bicyclic) bond motifs is 5. The van der Waals surface area contributed by atoms with Crippen molar-refractivity contribution in [1.82, 2.24) is 0 Å². The number of hydrogen-bond acceptors (Lipinski definition) is 4. The van der Waals surface area contributed by atoms with Gasteiger partial charge in [0, 0.05) is 11.8 Å². The molecule has 4 rings (SSSR count). The topological polar surface area (TPSA) is 52.6 Å². The lowest BCUT2D eigenvalue weighted by Crippen LogP contribution is -2.44. The van der Waals surface area contributed by atoms with Crippen LogP contribution in [0.2, 0.25) is 0 Å². The van der Waals surface area contributed by atoms with Crippen LogP contribution in [0.25, 0.3) is 0 Å². The summed E-state index contributed by atoms with van der Waals surface area (Å²) in [6.07, 6.45) is 9.42. The molecule has 0 saturated heterocycles. The van der Waals surface area contributed by atoms with Crippen LogP contribution < -0.4 is 4.74 Å². The third-order valence-corrected chi connectivity index (χ3v) is 8.84. The fourth-order valence-corrected chi connectivity index (χ4v) is 7.08. The molecule has 0 amide bonds. The molecule has 3 aliphatic rings. The molecule has 3 aliphatic carbocycles. The van der Waals surface area contributed by atoms with Gasteiger partial charge in [-0.2, -0.15) is 0 Å². The van der Waals surface area contributed by atoms with Gasteiger partial charge in [0.1, 0.15) is 11.5 Å². The van der Waals surface area contributed by atoms with Crippen molar-refractivity contribution in [3.05, 3.63) is 29.3 Å². The first kappa shape index (κ1) is 24.3. The summed E-state index contributed by atoms with van der Waals surface area (Å²) < 4.78 is 10.9. The highest BCUT2D eigenvalue weighted by Gasteiger charge is 2.58. The summed E-state index contributed by atoms with van der Waals surface area (Å²) in [6.45, 7) is 8.45. The highest BCUT2D eigenvalue weighted by molar-refractivity contribution is 5.87. The molecule has 0 bridgehead atoms. The Morgan fingerprint density at radius 1 is 1.15 bits per heavy atom. The molecule has 0 heterocycles. The maximum absolute atomic E-state index is 13.2. The molecule has 0 aromatic heterocycles. The Kier molecular flexibility index (Phi) is 6.94. The number of carbonyl (C=O) groups is 2. The van der Waals surface area contributed by atoms with Gasteiger partial charge in [-0.15, -0.1) is 0 Å². The highest BCUT2D eigenvalue weighted by atomic mass is 16.5. The van der Waals surface area contributed by atoms with Crippen LogP contribution in [0.15, 0.2) is 18.2 Å².